The average Bonchev–Trinajstić information content (AvgIpc) is 2.37. The molecular formula is C13H17BrO3. The maximum absolute atomic E-state index is 12.1. The number of Topliss-reactive ketones (excluding diaryl/α,β-unsaturated/α-hetero) is 1. The molecule has 17 heavy (non-hydrogen) atoms. The smallest absolute Gasteiger partial charge is 0.176 e. The molecule has 0 aliphatic rings. The first kappa shape index (κ1) is 14.0. The van der Waals surface area contributed by atoms with Gasteiger partial charge in [0, 0.05) is 5.56 Å². The zero-order chi connectivity index (χ0) is 12.8. The van der Waals surface area contributed by atoms with E-state index < -0.39 is 0 Å². The predicted octanol–water partition coefficient (Wildman–Crippen LogP) is 3.45. The minimum atomic E-state index is -0.134. The quantitative estimate of drug-likeness (QED) is 0.596. The highest BCUT2D eigenvalue weighted by molar-refractivity contribution is 9.10. The Bertz CT molecular complexity index is 390. The van der Waals surface area contributed by atoms with Crippen molar-refractivity contribution in [3.8, 4) is 11.5 Å². The Hall–Kier alpha value is -1.03. The molecule has 0 amide bonds. The molecule has 0 N–H and O–H groups in total. The van der Waals surface area contributed by atoms with Gasteiger partial charge in [-0.15, -0.1) is 0 Å². The molecule has 4 heteroatoms. The molecule has 3 nitrogen and oxygen atoms in total. The summed E-state index contributed by atoms with van der Waals surface area (Å²) in [6.45, 7) is 2.05. The summed E-state index contributed by atoms with van der Waals surface area (Å²) in [4.78, 5) is 11.9. The molecule has 0 spiro atoms. The van der Waals surface area contributed by atoms with Crippen molar-refractivity contribution >= 4 is 21.7 Å². The van der Waals surface area contributed by atoms with Gasteiger partial charge in [0.05, 0.1) is 19.0 Å². The van der Waals surface area contributed by atoms with Crippen LogP contribution in [0.3, 0.4) is 0 Å². The van der Waals surface area contributed by atoms with Gasteiger partial charge < -0.3 is 9.47 Å². The third-order valence-electron chi connectivity index (χ3n) is 2.49. The van der Waals surface area contributed by atoms with Crippen molar-refractivity contribution in [3.63, 3.8) is 0 Å². The number of hydrogen-bond acceptors (Lipinski definition) is 3. The SMILES string of the molecule is CCCC(Br)C(=O)c1ccc(OC)c(OC)c1. The van der Waals surface area contributed by atoms with Crippen LogP contribution in [-0.4, -0.2) is 24.8 Å². The number of carbonyl (C=O) groups excluding carboxylic acids is 1. The lowest BCUT2D eigenvalue weighted by atomic mass is 10.1. The van der Waals surface area contributed by atoms with Gasteiger partial charge in [0.1, 0.15) is 0 Å². The van der Waals surface area contributed by atoms with Crippen molar-refractivity contribution in [2.45, 2.75) is 24.6 Å². The Morgan fingerprint density at radius 3 is 2.47 bits per heavy atom. The summed E-state index contributed by atoms with van der Waals surface area (Å²) in [5.74, 6) is 1.29. The molecule has 0 heterocycles. The summed E-state index contributed by atoms with van der Waals surface area (Å²) in [7, 11) is 3.13. The van der Waals surface area contributed by atoms with E-state index in [9.17, 15) is 4.79 Å². The highest BCUT2D eigenvalue weighted by atomic mass is 79.9. The van der Waals surface area contributed by atoms with E-state index in [4.69, 9.17) is 9.47 Å². The second-order valence-corrected chi connectivity index (χ2v) is 4.80. The van der Waals surface area contributed by atoms with E-state index in [0.717, 1.165) is 12.8 Å². The monoisotopic (exact) mass is 300 g/mol. The topological polar surface area (TPSA) is 35.5 Å². The zero-order valence-electron chi connectivity index (χ0n) is 10.3. The predicted molar refractivity (Wildman–Crippen MR) is 71.5 cm³/mol. The third kappa shape index (κ3) is 3.46. The molecule has 1 aromatic carbocycles. The first-order valence-corrected chi connectivity index (χ1v) is 6.45. The van der Waals surface area contributed by atoms with Crippen molar-refractivity contribution in [3.05, 3.63) is 23.8 Å². The number of ether oxygens (including phenoxy) is 2. The van der Waals surface area contributed by atoms with Crippen LogP contribution in [0.15, 0.2) is 18.2 Å². The van der Waals surface area contributed by atoms with Crippen molar-refractivity contribution in [2.75, 3.05) is 14.2 Å². The maximum atomic E-state index is 12.1. The summed E-state index contributed by atoms with van der Waals surface area (Å²) in [6, 6.07) is 5.22. The van der Waals surface area contributed by atoms with E-state index in [1.807, 2.05) is 0 Å². The first-order chi connectivity index (χ1) is 8.13. The van der Waals surface area contributed by atoms with E-state index >= 15 is 0 Å². The Labute approximate surface area is 110 Å². The summed E-state index contributed by atoms with van der Waals surface area (Å²) in [5.41, 5.74) is 0.637. The highest BCUT2D eigenvalue weighted by Gasteiger charge is 2.17. The molecule has 1 unspecified atom stereocenters. The number of rotatable bonds is 6. The normalized spacial score (nSPS) is 12.0. The van der Waals surface area contributed by atoms with Crippen molar-refractivity contribution < 1.29 is 14.3 Å². The molecule has 0 aromatic heterocycles. The molecule has 1 rings (SSSR count). The minimum Gasteiger partial charge on any atom is -0.493 e. The lowest BCUT2D eigenvalue weighted by molar-refractivity contribution is 0.0988. The van der Waals surface area contributed by atoms with Crippen molar-refractivity contribution in [1.82, 2.24) is 0 Å². The fourth-order valence-corrected chi connectivity index (χ4v) is 2.28. The van der Waals surface area contributed by atoms with E-state index in [1.54, 1.807) is 32.4 Å². The van der Waals surface area contributed by atoms with Gasteiger partial charge in [0.2, 0.25) is 0 Å². The number of ketones is 1. The number of methoxy groups -OCH3 is 2. The van der Waals surface area contributed by atoms with Crippen LogP contribution in [0.25, 0.3) is 0 Å². The summed E-state index contributed by atoms with van der Waals surface area (Å²) < 4.78 is 10.3. The van der Waals surface area contributed by atoms with Crippen LogP contribution >= 0.6 is 15.9 Å². The molecule has 1 atom stereocenters. The van der Waals surface area contributed by atoms with Gasteiger partial charge in [0.15, 0.2) is 17.3 Å². The fraction of sp³-hybridized carbons (Fsp3) is 0.462. The Kier molecular flexibility index (Phi) is 5.48. The number of alkyl halides is 1. The van der Waals surface area contributed by atoms with E-state index in [1.165, 1.54) is 0 Å². The lowest BCUT2D eigenvalue weighted by Crippen LogP contribution is -2.13. The largest absolute Gasteiger partial charge is 0.493 e. The Morgan fingerprint density at radius 2 is 1.94 bits per heavy atom. The number of benzene rings is 1. The summed E-state index contributed by atoms with van der Waals surface area (Å²) in [6.07, 6.45) is 1.79. The fourth-order valence-electron chi connectivity index (χ4n) is 1.55. The number of hydrogen-bond donors (Lipinski definition) is 0. The van der Waals surface area contributed by atoms with Crippen molar-refractivity contribution in [1.29, 1.82) is 0 Å². The molecule has 0 saturated carbocycles. The van der Waals surface area contributed by atoms with Gasteiger partial charge in [-0.25, -0.2) is 0 Å². The first-order valence-electron chi connectivity index (χ1n) is 5.54. The molecule has 0 aliphatic carbocycles. The van der Waals surface area contributed by atoms with E-state index in [0.29, 0.717) is 17.1 Å². The van der Waals surface area contributed by atoms with Crippen molar-refractivity contribution in [2.24, 2.45) is 0 Å². The number of halogens is 1. The van der Waals surface area contributed by atoms with E-state index in [-0.39, 0.29) is 10.6 Å². The third-order valence-corrected chi connectivity index (χ3v) is 3.37. The Morgan fingerprint density at radius 1 is 1.29 bits per heavy atom. The van der Waals surface area contributed by atoms with Gasteiger partial charge in [-0.1, -0.05) is 29.3 Å². The second kappa shape index (κ2) is 6.64. The van der Waals surface area contributed by atoms with Crippen LogP contribution < -0.4 is 9.47 Å². The number of carbonyl (C=O) groups is 1. The highest BCUT2D eigenvalue weighted by Crippen LogP contribution is 2.29. The maximum Gasteiger partial charge on any atom is 0.176 e. The standard InChI is InChI=1S/C13H17BrO3/c1-4-5-10(14)13(15)9-6-7-11(16-2)12(8-9)17-3/h6-8,10H,4-5H2,1-3H3. The molecular weight excluding hydrogens is 284 g/mol. The molecule has 0 bridgehead atoms. The van der Waals surface area contributed by atoms with Crippen LogP contribution in [0.4, 0.5) is 0 Å². The summed E-state index contributed by atoms with van der Waals surface area (Å²) >= 11 is 3.40. The van der Waals surface area contributed by atoms with E-state index in [2.05, 4.69) is 22.9 Å². The molecule has 1 aromatic rings. The molecule has 94 valence electrons. The van der Waals surface area contributed by atoms with Gasteiger partial charge in [-0.3, -0.25) is 4.79 Å². The molecule has 0 radical (unpaired) electrons. The van der Waals surface area contributed by atoms with Crippen LogP contribution in [0, 0.1) is 0 Å². The van der Waals surface area contributed by atoms with Crippen LogP contribution in [-0.2, 0) is 0 Å². The average molecular weight is 301 g/mol. The van der Waals surface area contributed by atoms with Gasteiger partial charge in [-0.2, -0.15) is 0 Å². The second-order valence-electron chi connectivity index (χ2n) is 3.69. The van der Waals surface area contributed by atoms with Crippen LogP contribution in [0.5, 0.6) is 11.5 Å². The summed E-state index contributed by atoms with van der Waals surface area (Å²) in [5, 5.41) is 0. The molecule has 0 saturated heterocycles. The Balaban J connectivity index is 2.95. The molecule has 0 aliphatic heterocycles. The van der Waals surface area contributed by atoms with Gasteiger partial charge in [-0.05, 0) is 24.6 Å². The van der Waals surface area contributed by atoms with Crippen LogP contribution in [0.2, 0.25) is 0 Å². The van der Waals surface area contributed by atoms with Crippen LogP contribution in [0.1, 0.15) is 30.1 Å². The zero-order valence-corrected chi connectivity index (χ0v) is 11.9. The lowest BCUT2D eigenvalue weighted by Gasteiger charge is -2.11. The minimum absolute atomic E-state index is 0.0767. The van der Waals surface area contributed by atoms with Gasteiger partial charge in [0.25, 0.3) is 0 Å². The van der Waals surface area contributed by atoms with Gasteiger partial charge >= 0.3 is 0 Å². The molecule has 0 fully saturated rings.